The van der Waals surface area contributed by atoms with Crippen molar-refractivity contribution in [3.05, 3.63) is 60.4 Å². The molecular weight excluding hydrogens is 436 g/mol. The standard InChI is InChI=1S/C24H26N6O4/c1-15-12-22(30(29-15)17-6-8-18(31-2)9-7-17)27-21-10-11-25-24(28-21)26-16-13-19(32-3)23(34-5)20(14-16)33-4/h6-14H,1-5H3,(H2,25,26,27,28). The zero-order valence-electron chi connectivity index (χ0n) is 19.6. The molecule has 2 aromatic heterocycles. The van der Waals surface area contributed by atoms with Crippen molar-refractivity contribution < 1.29 is 18.9 Å². The summed E-state index contributed by atoms with van der Waals surface area (Å²) in [5.41, 5.74) is 2.44. The van der Waals surface area contributed by atoms with Gasteiger partial charge in [-0.05, 0) is 37.3 Å². The van der Waals surface area contributed by atoms with Crippen LogP contribution in [0.2, 0.25) is 0 Å². The number of nitrogens with one attached hydrogen (secondary N) is 2. The van der Waals surface area contributed by atoms with Crippen LogP contribution in [0.25, 0.3) is 5.69 Å². The van der Waals surface area contributed by atoms with E-state index in [1.807, 2.05) is 41.9 Å². The number of rotatable bonds is 9. The van der Waals surface area contributed by atoms with Gasteiger partial charge in [0, 0.05) is 30.1 Å². The highest BCUT2D eigenvalue weighted by atomic mass is 16.5. The van der Waals surface area contributed by atoms with Crippen LogP contribution in [0.4, 0.5) is 23.3 Å². The molecular formula is C24H26N6O4. The van der Waals surface area contributed by atoms with Gasteiger partial charge >= 0.3 is 0 Å². The Morgan fingerprint density at radius 3 is 2.12 bits per heavy atom. The van der Waals surface area contributed by atoms with Gasteiger partial charge in [-0.1, -0.05) is 0 Å². The molecule has 0 aliphatic heterocycles. The molecule has 10 heteroatoms. The first-order valence-electron chi connectivity index (χ1n) is 10.4. The summed E-state index contributed by atoms with van der Waals surface area (Å²) in [6, 6.07) is 14.9. The van der Waals surface area contributed by atoms with Crippen LogP contribution in [-0.4, -0.2) is 48.2 Å². The van der Waals surface area contributed by atoms with E-state index in [1.165, 1.54) is 0 Å². The van der Waals surface area contributed by atoms with E-state index in [-0.39, 0.29) is 0 Å². The molecule has 0 unspecified atom stereocenters. The van der Waals surface area contributed by atoms with Gasteiger partial charge in [-0.3, -0.25) is 0 Å². The number of benzene rings is 2. The molecule has 0 aliphatic carbocycles. The number of hydrogen-bond donors (Lipinski definition) is 2. The SMILES string of the molecule is COc1ccc(-n2nc(C)cc2Nc2ccnc(Nc3cc(OC)c(OC)c(OC)c3)n2)cc1. The average molecular weight is 463 g/mol. The Hall–Kier alpha value is -4.47. The average Bonchev–Trinajstić information content (AvgIpc) is 3.23. The summed E-state index contributed by atoms with van der Waals surface area (Å²) in [6.07, 6.45) is 1.66. The molecule has 0 atom stereocenters. The van der Waals surface area contributed by atoms with Crippen LogP contribution in [0, 0.1) is 6.92 Å². The highest BCUT2D eigenvalue weighted by molar-refractivity contribution is 5.66. The summed E-state index contributed by atoms with van der Waals surface area (Å²) in [5, 5.41) is 11.1. The normalized spacial score (nSPS) is 10.5. The molecule has 2 N–H and O–H groups in total. The molecule has 34 heavy (non-hydrogen) atoms. The topological polar surface area (TPSA) is 105 Å². The van der Waals surface area contributed by atoms with Crippen LogP contribution in [-0.2, 0) is 0 Å². The highest BCUT2D eigenvalue weighted by Gasteiger charge is 2.14. The van der Waals surface area contributed by atoms with Gasteiger partial charge in [0.1, 0.15) is 17.4 Å². The van der Waals surface area contributed by atoms with Crippen molar-refractivity contribution in [2.75, 3.05) is 39.1 Å². The van der Waals surface area contributed by atoms with Gasteiger partial charge in [0.2, 0.25) is 11.7 Å². The van der Waals surface area contributed by atoms with Crippen molar-refractivity contribution in [3.63, 3.8) is 0 Å². The molecule has 2 aromatic carbocycles. The quantitative estimate of drug-likeness (QED) is 0.372. The summed E-state index contributed by atoms with van der Waals surface area (Å²) < 4.78 is 23.3. The van der Waals surface area contributed by atoms with Gasteiger partial charge < -0.3 is 29.6 Å². The third-order valence-corrected chi connectivity index (χ3v) is 4.98. The molecule has 0 saturated heterocycles. The van der Waals surface area contributed by atoms with E-state index >= 15 is 0 Å². The fraction of sp³-hybridized carbons (Fsp3) is 0.208. The van der Waals surface area contributed by atoms with Crippen LogP contribution < -0.4 is 29.6 Å². The van der Waals surface area contributed by atoms with E-state index in [2.05, 4.69) is 25.7 Å². The van der Waals surface area contributed by atoms with E-state index in [0.717, 1.165) is 22.9 Å². The fourth-order valence-electron chi connectivity index (χ4n) is 3.41. The van der Waals surface area contributed by atoms with Gasteiger partial charge in [-0.25, -0.2) is 9.67 Å². The molecule has 0 saturated carbocycles. The number of aromatic nitrogens is 4. The predicted molar refractivity (Wildman–Crippen MR) is 130 cm³/mol. The lowest BCUT2D eigenvalue weighted by molar-refractivity contribution is 0.324. The molecule has 4 aromatic rings. The van der Waals surface area contributed by atoms with Gasteiger partial charge in [-0.2, -0.15) is 10.1 Å². The van der Waals surface area contributed by atoms with E-state index in [9.17, 15) is 0 Å². The van der Waals surface area contributed by atoms with Crippen molar-refractivity contribution in [3.8, 4) is 28.7 Å². The van der Waals surface area contributed by atoms with Gasteiger partial charge in [0.25, 0.3) is 0 Å². The van der Waals surface area contributed by atoms with E-state index in [0.29, 0.717) is 34.7 Å². The van der Waals surface area contributed by atoms with Gasteiger partial charge in [-0.15, -0.1) is 0 Å². The van der Waals surface area contributed by atoms with Crippen LogP contribution in [0.3, 0.4) is 0 Å². The van der Waals surface area contributed by atoms with Crippen molar-refractivity contribution in [1.82, 2.24) is 19.7 Å². The largest absolute Gasteiger partial charge is 0.497 e. The lowest BCUT2D eigenvalue weighted by Crippen LogP contribution is -2.05. The second-order valence-electron chi connectivity index (χ2n) is 7.21. The van der Waals surface area contributed by atoms with E-state index in [4.69, 9.17) is 18.9 Å². The molecule has 176 valence electrons. The van der Waals surface area contributed by atoms with Crippen LogP contribution in [0.5, 0.6) is 23.0 Å². The minimum absolute atomic E-state index is 0.395. The Balaban J connectivity index is 1.59. The van der Waals surface area contributed by atoms with Gasteiger partial charge in [0.15, 0.2) is 11.5 Å². The van der Waals surface area contributed by atoms with Crippen molar-refractivity contribution in [2.24, 2.45) is 0 Å². The van der Waals surface area contributed by atoms with Crippen molar-refractivity contribution in [1.29, 1.82) is 0 Å². The van der Waals surface area contributed by atoms with Crippen LogP contribution >= 0.6 is 0 Å². The Morgan fingerprint density at radius 1 is 0.794 bits per heavy atom. The second kappa shape index (κ2) is 9.99. The second-order valence-corrected chi connectivity index (χ2v) is 7.21. The first kappa shape index (κ1) is 22.7. The molecule has 2 heterocycles. The monoisotopic (exact) mass is 462 g/mol. The zero-order valence-corrected chi connectivity index (χ0v) is 19.6. The number of aryl methyl sites for hydroxylation is 1. The molecule has 0 radical (unpaired) electrons. The Morgan fingerprint density at radius 2 is 1.50 bits per heavy atom. The number of nitrogens with zero attached hydrogens (tertiary/aromatic N) is 4. The minimum atomic E-state index is 0.395. The Bertz CT molecular complexity index is 1250. The summed E-state index contributed by atoms with van der Waals surface area (Å²) in [6.45, 7) is 1.93. The Labute approximate surface area is 197 Å². The fourth-order valence-corrected chi connectivity index (χ4v) is 3.41. The third kappa shape index (κ3) is 4.80. The maximum Gasteiger partial charge on any atom is 0.229 e. The maximum absolute atomic E-state index is 5.42. The first-order chi connectivity index (χ1) is 16.5. The van der Waals surface area contributed by atoms with E-state index in [1.54, 1.807) is 52.8 Å². The minimum Gasteiger partial charge on any atom is -0.497 e. The molecule has 10 nitrogen and oxygen atoms in total. The van der Waals surface area contributed by atoms with E-state index < -0.39 is 0 Å². The third-order valence-electron chi connectivity index (χ3n) is 4.98. The van der Waals surface area contributed by atoms with Crippen LogP contribution in [0.1, 0.15) is 5.69 Å². The number of ether oxygens (including phenoxy) is 4. The number of methoxy groups -OCH3 is 4. The number of anilines is 4. The first-order valence-corrected chi connectivity index (χ1v) is 10.4. The maximum atomic E-state index is 5.42. The zero-order chi connectivity index (χ0) is 24.1. The predicted octanol–water partition coefficient (Wildman–Crippen LogP) is 4.49. The lowest BCUT2D eigenvalue weighted by Gasteiger charge is -2.15. The summed E-state index contributed by atoms with van der Waals surface area (Å²) >= 11 is 0. The molecule has 0 spiro atoms. The molecule has 4 rings (SSSR count). The molecule has 0 bridgehead atoms. The molecule has 0 amide bonds. The summed E-state index contributed by atoms with van der Waals surface area (Å²) in [4.78, 5) is 8.90. The van der Waals surface area contributed by atoms with Crippen LogP contribution in [0.15, 0.2) is 54.7 Å². The smallest absolute Gasteiger partial charge is 0.229 e. The van der Waals surface area contributed by atoms with Crippen molar-refractivity contribution >= 4 is 23.3 Å². The summed E-state index contributed by atoms with van der Waals surface area (Å²) in [5.74, 6) is 4.09. The van der Waals surface area contributed by atoms with Gasteiger partial charge in [0.05, 0.1) is 39.8 Å². The number of hydrogen-bond acceptors (Lipinski definition) is 9. The molecule has 0 fully saturated rings. The lowest BCUT2D eigenvalue weighted by atomic mass is 10.2. The van der Waals surface area contributed by atoms with Crippen molar-refractivity contribution in [2.45, 2.75) is 6.92 Å². The Kier molecular flexibility index (Phi) is 6.67. The molecule has 0 aliphatic rings. The highest BCUT2D eigenvalue weighted by Crippen LogP contribution is 2.40. The summed E-state index contributed by atoms with van der Waals surface area (Å²) in [7, 11) is 6.33.